The summed E-state index contributed by atoms with van der Waals surface area (Å²) in [4.78, 5) is 14.7. The highest BCUT2D eigenvalue weighted by molar-refractivity contribution is 5.79. The molecule has 0 aromatic heterocycles. The van der Waals surface area contributed by atoms with Gasteiger partial charge >= 0.3 is 0 Å². The van der Waals surface area contributed by atoms with Gasteiger partial charge in [-0.3, -0.25) is 4.79 Å². The van der Waals surface area contributed by atoms with Gasteiger partial charge in [0.1, 0.15) is 0 Å². The van der Waals surface area contributed by atoms with Crippen molar-refractivity contribution >= 4 is 5.91 Å². The van der Waals surface area contributed by atoms with Gasteiger partial charge in [0, 0.05) is 19.0 Å². The van der Waals surface area contributed by atoms with Crippen molar-refractivity contribution in [1.29, 1.82) is 0 Å². The molecule has 106 valence electrons. The van der Waals surface area contributed by atoms with Crippen LogP contribution >= 0.6 is 0 Å². The van der Waals surface area contributed by atoms with Crippen LogP contribution in [0.1, 0.15) is 72.1 Å². The molecule has 0 saturated heterocycles. The maximum atomic E-state index is 12.6. The van der Waals surface area contributed by atoms with E-state index in [9.17, 15) is 4.79 Å². The normalized spacial score (nSPS) is 19.6. The van der Waals surface area contributed by atoms with E-state index in [-0.39, 0.29) is 5.92 Å². The van der Waals surface area contributed by atoms with E-state index in [2.05, 4.69) is 25.7 Å². The van der Waals surface area contributed by atoms with Crippen molar-refractivity contribution in [2.24, 2.45) is 11.8 Å². The topological polar surface area (TPSA) is 20.3 Å². The maximum absolute atomic E-state index is 12.6. The number of carbonyl (C=O) groups is 1. The van der Waals surface area contributed by atoms with E-state index in [0.717, 1.165) is 12.8 Å². The van der Waals surface area contributed by atoms with E-state index in [4.69, 9.17) is 0 Å². The molecule has 18 heavy (non-hydrogen) atoms. The minimum absolute atomic E-state index is 0.225. The van der Waals surface area contributed by atoms with E-state index < -0.39 is 0 Å². The fourth-order valence-electron chi connectivity index (χ4n) is 3.14. The lowest BCUT2D eigenvalue weighted by Gasteiger charge is -2.32. The minimum atomic E-state index is 0.225. The largest absolute Gasteiger partial charge is 0.343 e. The number of carbonyl (C=O) groups excluding carboxylic acids is 1. The summed E-state index contributed by atoms with van der Waals surface area (Å²) in [6, 6.07) is 0.498. The van der Waals surface area contributed by atoms with Crippen LogP contribution in [-0.2, 0) is 4.79 Å². The molecule has 1 saturated carbocycles. The molecule has 0 aromatic rings. The molecule has 1 aliphatic carbocycles. The van der Waals surface area contributed by atoms with Gasteiger partial charge in [0.25, 0.3) is 0 Å². The minimum Gasteiger partial charge on any atom is -0.343 e. The molecular formula is C16H31NO. The predicted molar refractivity (Wildman–Crippen MR) is 77.5 cm³/mol. The summed E-state index contributed by atoms with van der Waals surface area (Å²) in [5.74, 6) is 1.08. The van der Waals surface area contributed by atoms with E-state index in [1.807, 2.05) is 7.05 Å². The number of hydrogen-bond acceptors (Lipinski definition) is 1. The molecule has 0 spiro atoms. The SMILES string of the molecule is CCCC(C(=O)N(C)C1CCCCCC1)C(C)C. The summed E-state index contributed by atoms with van der Waals surface area (Å²) in [5.41, 5.74) is 0. The van der Waals surface area contributed by atoms with E-state index in [1.54, 1.807) is 0 Å². The number of hydrogen-bond donors (Lipinski definition) is 0. The van der Waals surface area contributed by atoms with Crippen LogP contribution in [0.4, 0.5) is 0 Å². The quantitative estimate of drug-likeness (QED) is 0.671. The predicted octanol–water partition coefficient (Wildman–Crippen LogP) is 4.24. The molecule has 2 heteroatoms. The highest BCUT2D eigenvalue weighted by atomic mass is 16.2. The fraction of sp³-hybridized carbons (Fsp3) is 0.938. The van der Waals surface area contributed by atoms with Gasteiger partial charge in [0.05, 0.1) is 0 Å². The molecular weight excluding hydrogens is 222 g/mol. The van der Waals surface area contributed by atoms with Crippen LogP contribution in [0.25, 0.3) is 0 Å². The van der Waals surface area contributed by atoms with Crippen molar-refractivity contribution in [1.82, 2.24) is 4.90 Å². The standard InChI is InChI=1S/C16H31NO/c1-5-10-15(13(2)3)16(18)17(4)14-11-8-6-7-9-12-14/h13-15H,5-12H2,1-4H3. The highest BCUT2D eigenvalue weighted by Gasteiger charge is 2.28. The van der Waals surface area contributed by atoms with Crippen LogP contribution in [0, 0.1) is 11.8 Å². The molecule has 0 aliphatic heterocycles. The zero-order valence-corrected chi connectivity index (χ0v) is 12.7. The molecule has 0 N–H and O–H groups in total. The lowest BCUT2D eigenvalue weighted by atomic mass is 9.89. The van der Waals surface area contributed by atoms with Gasteiger partial charge in [-0.1, -0.05) is 52.9 Å². The summed E-state index contributed by atoms with van der Waals surface area (Å²) < 4.78 is 0. The molecule has 2 nitrogen and oxygen atoms in total. The molecule has 1 fully saturated rings. The lowest BCUT2D eigenvalue weighted by molar-refractivity contribution is -0.138. The van der Waals surface area contributed by atoms with E-state index in [1.165, 1.54) is 38.5 Å². The van der Waals surface area contributed by atoms with Crippen molar-refractivity contribution in [2.75, 3.05) is 7.05 Å². The first-order chi connectivity index (χ1) is 8.57. The number of nitrogens with zero attached hydrogens (tertiary/aromatic N) is 1. The summed E-state index contributed by atoms with van der Waals surface area (Å²) >= 11 is 0. The Kier molecular flexibility index (Phi) is 6.73. The van der Waals surface area contributed by atoms with E-state index >= 15 is 0 Å². The second kappa shape index (κ2) is 7.81. The average Bonchev–Trinajstić information content (AvgIpc) is 2.62. The van der Waals surface area contributed by atoms with Crippen LogP contribution in [0.15, 0.2) is 0 Å². The van der Waals surface area contributed by atoms with Gasteiger partial charge in [-0.25, -0.2) is 0 Å². The summed E-state index contributed by atoms with van der Waals surface area (Å²) in [7, 11) is 2.03. The van der Waals surface area contributed by atoms with Crippen molar-refractivity contribution in [2.45, 2.75) is 78.2 Å². The Bertz CT molecular complexity index is 241. The van der Waals surface area contributed by atoms with Gasteiger partial charge in [-0.15, -0.1) is 0 Å². The van der Waals surface area contributed by atoms with Crippen molar-refractivity contribution in [3.8, 4) is 0 Å². The molecule has 1 aliphatic rings. The molecule has 0 radical (unpaired) electrons. The Morgan fingerprint density at radius 1 is 1.17 bits per heavy atom. The van der Waals surface area contributed by atoms with Crippen LogP contribution < -0.4 is 0 Å². The second-order valence-electron chi connectivity index (χ2n) is 6.23. The molecule has 1 unspecified atom stereocenters. The number of amides is 1. The van der Waals surface area contributed by atoms with Gasteiger partial charge < -0.3 is 4.90 Å². The Morgan fingerprint density at radius 3 is 2.17 bits per heavy atom. The van der Waals surface area contributed by atoms with Gasteiger partial charge in [-0.2, -0.15) is 0 Å². The molecule has 1 amide bonds. The number of rotatable bonds is 5. The maximum Gasteiger partial charge on any atom is 0.225 e. The third-order valence-corrected chi connectivity index (χ3v) is 4.44. The van der Waals surface area contributed by atoms with Crippen LogP contribution in [0.2, 0.25) is 0 Å². The van der Waals surface area contributed by atoms with Crippen molar-refractivity contribution < 1.29 is 4.79 Å². The van der Waals surface area contributed by atoms with Gasteiger partial charge in [0.15, 0.2) is 0 Å². The Labute approximate surface area is 113 Å². The third-order valence-electron chi connectivity index (χ3n) is 4.44. The first kappa shape index (κ1) is 15.5. The lowest BCUT2D eigenvalue weighted by Crippen LogP contribution is -2.42. The van der Waals surface area contributed by atoms with Gasteiger partial charge in [-0.05, 0) is 25.2 Å². The zero-order chi connectivity index (χ0) is 13.5. The Morgan fingerprint density at radius 2 is 1.72 bits per heavy atom. The molecule has 0 heterocycles. The van der Waals surface area contributed by atoms with Crippen LogP contribution in [0.5, 0.6) is 0 Å². The molecule has 0 aromatic carbocycles. The van der Waals surface area contributed by atoms with Gasteiger partial charge in [0.2, 0.25) is 5.91 Å². The first-order valence-corrected chi connectivity index (χ1v) is 7.84. The third kappa shape index (κ3) is 4.29. The van der Waals surface area contributed by atoms with Crippen molar-refractivity contribution in [3.63, 3.8) is 0 Å². The van der Waals surface area contributed by atoms with Crippen molar-refractivity contribution in [3.05, 3.63) is 0 Å². The van der Waals surface area contributed by atoms with Crippen LogP contribution in [0.3, 0.4) is 0 Å². The summed E-state index contributed by atoms with van der Waals surface area (Å²) in [6.45, 7) is 6.53. The molecule has 1 atom stereocenters. The fourth-order valence-corrected chi connectivity index (χ4v) is 3.14. The average molecular weight is 253 g/mol. The van der Waals surface area contributed by atoms with E-state index in [0.29, 0.717) is 17.9 Å². The molecule has 1 rings (SSSR count). The first-order valence-electron chi connectivity index (χ1n) is 7.84. The summed E-state index contributed by atoms with van der Waals surface area (Å²) in [6.07, 6.45) is 9.84. The zero-order valence-electron chi connectivity index (χ0n) is 12.7. The monoisotopic (exact) mass is 253 g/mol. The second-order valence-corrected chi connectivity index (χ2v) is 6.23. The molecule has 0 bridgehead atoms. The highest BCUT2D eigenvalue weighted by Crippen LogP contribution is 2.25. The Balaban J connectivity index is 2.61. The Hall–Kier alpha value is -0.530. The van der Waals surface area contributed by atoms with Crippen LogP contribution in [-0.4, -0.2) is 23.9 Å². The smallest absolute Gasteiger partial charge is 0.225 e. The summed E-state index contributed by atoms with van der Waals surface area (Å²) in [5, 5.41) is 0.